The summed E-state index contributed by atoms with van der Waals surface area (Å²) in [5.41, 5.74) is 5.13. The van der Waals surface area contributed by atoms with Gasteiger partial charge in [0.1, 0.15) is 22.7 Å². The highest BCUT2D eigenvalue weighted by Gasteiger charge is 2.41. The predicted octanol–water partition coefficient (Wildman–Crippen LogP) is 6.72. The summed E-state index contributed by atoms with van der Waals surface area (Å²) in [5, 5.41) is 6.15. The van der Waals surface area contributed by atoms with E-state index in [9.17, 15) is 14.4 Å². The van der Waals surface area contributed by atoms with E-state index in [0.717, 1.165) is 55.6 Å². The number of thiazole rings is 1. The first-order valence-electron chi connectivity index (χ1n) is 15.4. The second kappa shape index (κ2) is 13.1. The lowest BCUT2D eigenvalue weighted by Gasteiger charge is -2.36. The van der Waals surface area contributed by atoms with E-state index in [-0.39, 0.29) is 23.8 Å². The lowest BCUT2D eigenvalue weighted by molar-refractivity contribution is -0.140. The fourth-order valence-corrected chi connectivity index (χ4v) is 7.11. The van der Waals surface area contributed by atoms with Gasteiger partial charge in [0.15, 0.2) is 0 Å². The van der Waals surface area contributed by atoms with Crippen molar-refractivity contribution in [3.8, 4) is 11.3 Å². The number of hydrogen-bond donors (Lipinski definition) is 1. The molecule has 1 aliphatic carbocycles. The molecule has 1 aromatic heterocycles. The van der Waals surface area contributed by atoms with Gasteiger partial charge in [-0.15, -0.1) is 11.3 Å². The van der Waals surface area contributed by atoms with Crippen LogP contribution in [0.4, 0.5) is 4.79 Å². The van der Waals surface area contributed by atoms with Crippen molar-refractivity contribution in [3.63, 3.8) is 0 Å². The third kappa shape index (κ3) is 7.16. The molecule has 2 fully saturated rings. The molecule has 2 aliphatic rings. The molecule has 1 saturated heterocycles. The average Bonchev–Trinajstić information content (AvgIpc) is 3.62. The van der Waals surface area contributed by atoms with Gasteiger partial charge < -0.3 is 15.0 Å². The van der Waals surface area contributed by atoms with Gasteiger partial charge in [-0.25, -0.2) is 9.78 Å². The molecule has 230 valence electrons. The van der Waals surface area contributed by atoms with Crippen molar-refractivity contribution in [3.05, 3.63) is 39.2 Å². The topological polar surface area (TPSA) is 91.8 Å². The SMILES string of the molecule is Cc1ccc(C)c(-c2csc([C@@H]3CCCN3C(=O)[C@@H](NC(=O)[C@H](C)N(C)C(=O)OC(C)(C)C)C3CCCCC3)n2)c1C. The fourth-order valence-electron chi connectivity index (χ4n) is 6.16. The normalized spacial score (nSPS) is 19.3. The maximum atomic E-state index is 14.3. The minimum Gasteiger partial charge on any atom is -0.444 e. The quantitative estimate of drug-likeness (QED) is 0.383. The first-order valence-corrected chi connectivity index (χ1v) is 16.3. The Morgan fingerprint density at radius 2 is 1.71 bits per heavy atom. The third-order valence-electron chi connectivity index (χ3n) is 8.87. The molecular weight excluding hydrogens is 548 g/mol. The number of nitrogens with one attached hydrogen (secondary N) is 1. The minimum atomic E-state index is -0.782. The van der Waals surface area contributed by atoms with E-state index in [2.05, 4.69) is 43.6 Å². The van der Waals surface area contributed by atoms with Crippen LogP contribution in [0.15, 0.2) is 17.5 Å². The molecule has 3 amide bonds. The van der Waals surface area contributed by atoms with Crippen molar-refractivity contribution >= 4 is 29.2 Å². The summed E-state index contributed by atoms with van der Waals surface area (Å²) in [7, 11) is 1.56. The molecule has 2 aromatic rings. The molecule has 8 nitrogen and oxygen atoms in total. The van der Waals surface area contributed by atoms with Gasteiger partial charge in [0.2, 0.25) is 11.8 Å². The molecule has 2 heterocycles. The Morgan fingerprint density at radius 3 is 2.38 bits per heavy atom. The number of amides is 3. The van der Waals surface area contributed by atoms with Crippen LogP contribution in [0.2, 0.25) is 0 Å². The van der Waals surface area contributed by atoms with Crippen LogP contribution in [0.5, 0.6) is 0 Å². The third-order valence-corrected chi connectivity index (χ3v) is 9.82. The maximum Gasteiger partial charge on any atom is 0.410 e. The Kier molecular flexibility index (Phi) is 10.0. The van der Waals surface area contributed by atoms with E-state index < -0.39 is 23.8 Å². The molecule has 1 aromatic carbocycles. The molecule has 4 rings (SSSR count). The van der Waals surface area contributed by atoms with Gasteiger partial charge in [-0.05, 0) is 96.8 Å². The number of carbonyl (C=O) groups excluding carboxylic acids is 3. The minimum absolute atomic E-state index is 0.0375. The molecule has 42 heavy (non-hydrogen) atoms. The van der Waals surface area contributed by atoms with Gasteiger partial charge in [0.05, 0.1) is 11.7 Å². The summed E-state index contributed by atoms with van der Waals surface area (Å²) in [6.07, 6.45) is 6.24. The van der Waals surface area contributed by atoms with E-state index in [1.807, 2.05) is 4.90 Å². The maximum absolute atomic E-state index is 14.3. The smallest absolute Gasteiger partial charge is 0.410 e. The molecule has 3 atom stereocenters. The summed E-state index contributed by atoms with van der Waals surface area (Å²) in [4.78, 5) is 48.7. The zero-order valence-electron chi connectivity index (χ0n) is 26.6. The summed E-state index contributed by atoms with van der Waals surface area (Å²) in [6, 6.07) is 2.77. The Bertz CT molecular complexity index is 1290. The van der Waals surface area contributed by atoms with Gasteiger partial charge in [0.25, 0.3) is 0 Å². The van der Waals surface area contributed by atoms with Crippen LogP contribution in [0, 0.1) is 26.7 Å². The predicted molar refractivity (Wildman–Crippen MR) is 167 cm³/mol. The molecule has 0 bridgehead atoms. The van der Waals surface area contributed by atoms with Crippen molar-refractivity contribution in [2.45, 2.75) is 117 Å². The van der Waals surface area contributed by atoms with E-state index in [4.69, 9.17) is 9.72 Å². The van der Waals surface area contributed by atoms with Crippen molar-refractivity contribution in [2.75, 3.05) is 13.6 Å². The molecule has 0 unspecified atom stereocenters. The van der Waals surface area contributed by atoms with Crippen molar-refractivity contribution < 1.29 is 19.1 Å². The first-order chi connectivity index (χ1) is 19.8. The summed E-state index contributed by atoms with van der Waals surface area (Å²) in [6.45, 7) is 14.1. The molecule has 0 spiro atoms. The van der Waals surface area contributed by atoms with Crippen LogP contribution < -0.4 is 5.32 Å². The van der Waals surface area contributed by atoms with E-state index >= 15 is 0 Å². The zero-order valence-corrected chi connectivity index (χ0v) is 27.4. The van der Waals surface area contributed by atoms with Crippen LogP contribution in [-0.2, 0) is 14.3 Å². The van der Waals surface area contributed by atoms with Crippen LogP contribution in [0.1, 0.15) is 100 Å². The number of likely N-dealkylation sites (tertiary alicyclic amines) is 1. The van der Waals surface area contributed by atoms with E-state index in [1.54, 1.807) is 46.1 Å². The lowest BCUT2D eigenvalue weighted by Crippen LogP contribution is -2.56. The largest absolute Gasteiger partial charge is 0.444 e. The Hall–Kier alpha value is -2.94. The Balaban J connectivity index is 1.55. The first kappa shape index (κ1) is 32.0. The Labute approximate surface area is 255 Å². The van der Waals surface area contributed by atoms with Gasteiger partial charge in [-0.3, -0.25) is 14.5 Å². The number of rotatable bonds is 7. The Morgan fingerprint density at radius 1 is 1.05 bits per heavy atom. The molecule has 1 saturated carbocycles. The van der Waals surface area contributed by atoms with E-state index in [0.29, 0.717) is 6.54 Å². The standard InChI is InChI=1S/C33H48N4O4S/c1-20-16-17-21(2)27(22(20)3)25-19-42-30(34-25)26-15-12-18-37(26)31(39)28(24-13-10-9-11-14-24)35-29(38)23(4)36(8)32(40)41-33(5,6)7/h16-17,19,23-24,26,28H,9-15,18H2,1-8H3,(H,35,38)/t23-,26-,28-/m0/s1. The van der Waals surface area contributed by atoms with Gasteiger partial charge in [0, 0.05) is 24.5 Å². The molecule has 9 heteroatoms. The second-order valence-corrected chi connectivity index (χ2v) is 14.0. The number of aromatic nitrogens is 1. The monoisotopic (exact) mass is 596 g/mol. The number of benzene rings is 1. The summed E-state index contributed by atoms with van der Waals surface area (Å²) < 4.78 is 5.47. The lowest BCUT2D eigenvalue weighted by atomic mass is 9.83. The molecule has 0 radical (unpaired) electrons. The average molecular weight is 597 g/mol. The molecule has 1 aliphatic heterocycles. The number of aryl methyl sites for hydroxylation is 2. The number of likely N-dealkylation sites (N-methyl/N-ethyl adjacent to an activating group) is 1. The summed E-state index contributed by atoms with van der Waals surface area (Å²) in [5.74, 6) is -0.311. The van der Waals surface area contributed by atoms with Gasteiger partial charge >= 0.3 is 6.09 Å². The van der Waals surface area contributed by atoms with Crippen LogP contribution in [-0.4, -0.2) is 64.0 Å². The summed E-state index contributed by atoms with van der Waals surface area (Å²) >= 11 is 1.61. The van der Waals surface area contributed by atoms with Crippen LogP contribution >= 0.6 is 11.3 Å². The van der Waals surface area contributed by atoms with Crippen molar-refractivity contribution in [2.24, 2.45) is 5.92 Å². The van der Waals surface area contributed by atoms with Crippen LogP contribution in [0.25, 0.3) is 11.3 Å². The fraction of sp³-hybridized carbons (Fsp3) is 0.636. The van der Waals surface area contributed by atoms with Crippen LogP contribution in [0.3, 0.4) is 0 Å². The van der Waals surface area contributed by atoms with E-state index in [1.165, 1.54) is 27.2 Å². The van der Waals surface area contributed by atoms with Gasteiger partial charge in [-0.2, -0.15) is 0 Å². The molecule has 1 N–H and O–H groups in total. The highest BCUT2D eigenvalue weighted by atomic mass is 32.1. The molecular formula is C33H48N4O4S. The number of hydrogen-bond acceptors (Lipinski definition) is 6. The second-order valence-electron chi connectivity index (χ2n) is 13.1. The number of ether oxygens (including phenoxy) is 1. The van der Waals surface area contributed by atoms with Crippen molar-refractivity contribution in [1.29, 1.82) is 0 Å². The highest BCUT2D eigenvalue weighted by Crippen LogP contribution is 2.39. The highest BCUT2D eigenvalue weighted by molar-refractivity contribution is 7.10. The van der Waals surface area contributed by atoms with Crippen molar-refractivity contribution in [1.82, 2.24) is 20.1 Å². The van der Waals surface area contributed by atoms with Gasteiger partial charge in [-0.1, -0.05) is 31.4 Å². The number of carbonyl (C=O) groups is 3. The zero-order chi connectivity index (χ0) is 30.8. The number of nitrogens with zero attached hydrogens (tertiary/aromatic N) is 3.